The lowest BCUT2D eigenvalue weighted by Gasteiger charge is -2.30. The second-order valence-electron chi connectivity index (χ2n) is 10.1. The molecule has 3 N–H and O–H groups in total. The second kappa shape index (κ2) is 14.6. The first-order valence-corrected chi connectivity index (χ1v) is 14.1. The molecule has 0 saturated carbocycles. The number of hydrogen-bond donors (Lipinski definition) is 2. The molecule has 12 heteroatoms. The third kappa shape index (κ3) is 8.21. The van der Waals surface area contributed by atoms with E-state index >= 15 is 0 Å². The Morgan fingerprint density at radius 3 is 2.52 bits per heavy atom. The average Bonchev–Trinajstić information content (AvgIpc) is 3.45. The molecule has 3 aromatic carbocycles. The summed E-state index contributed by atoms with van der Waals surface area (Å²) in [5.74, 6) is -0.459. The number of benzene rings is 3. The zero-order valence-electron chi connectivity index (χ0n) is 23.9. The van der Waals surface area contributed by atoms with Crippen LogP contribution in [-0.4, -0.2) is 45.5 Å². The van der Waals surface area contributed by atoms with E-state index in [1.54, 1.807) is 48.9 Å². The van der Waals surface area contributed by atoms with Crippen molar-refractivity contribution < 1.29 is 22.7 Å². The molecule has 0 saturated heterocycles. The summed E-state index contributed by atoms with van der Waals surface area (Å²) in [5.41, 5.74) is 7.94. The van der Waals surface area contributed by atoms with Crippen molar-refractivity contribution in [2.75, 3.05) is 25.5 Å². The number of ether oxygens (including phenoxy) is 1. The van der Waals surface area contributed by atoms with E-state index < -0.39 is 17.7 Å². The number of carbonyl (C=O) groups is 1. The van der Waals surface area contributed by atoms with Crippen LogP contribution in [-0.2, 0) is 30.5 Å². The summed E-state index contributed by atoms with van der Waals surface area (Å²) in [6, 6.07) is 21.4. The number of nitrogens with two attached hydrogens (primary N) is 1. The smallest absolute Gasteiger partial charge is 0.416 e. The minimum atomic E-state index is -4.57. The number of thiocarbonyl (C=S) groups is 1. The number of alkyl halides is 3. The number of anilines is 1. The molecule has 228 valence electrons. The van der Waals surface area contributed by atoms with Gasteiger partial charge in [0.25, 0.3) is 0 Å². The summed E-state index contributed by atoms with van der Waals surface area (Å²) in [4.78, 5) is 19.3. The Labute approximate surface area is 258 Å². The van der Waals surface area contributed by atoms with Crippen molar-refractivity contribution in [2.24, 2.45) is 11.7 Å². The lowest BCUT2D eigenvalue weighted by atomic mass is 9.99. The minimum absolute atomic E-state index is 0.00731. The van der Waals surface area contributed by atoms with Gasteiger partial charge in [-0.2, -0.15) is 18.4 Å². The van der Waals surface area contributed by atoms with E-state index in [1.807, 2.05) is 16.7 Å². The topological polar surface area (TPSA) is 109 Å². The Kier molecular flexibility index (Phi) is 10.7. The van der Waals surface area contributed by atoms with Crippen LogP contribution in [0.4, 0.5) is 18.9 Å². The van der Waals surface area contributed by atoms with Gasteiger partial charge in [0.15, 0.2) is 5.11 Å². The van der Waals surface area contributed by atoms with Gasteiger partial charge >= 0.3 is 6.18 Å². The van der Waals surface area contributed by atoms with Gasteiger partial charge in [-0.1, -0.05) is 42.5 Å². The number of nitriles is 1. The first-order valence-electron chi connectivity index (χ1n) is 13.7. The minimum Gasteiger partial charge on any atom is -0.495 e. The maximum absolute atomic E-state index is 13.9. The highest BCUT2D eigenvalue weighted by Gasteiger charge is 2.34. The lowest BCUT2D eigenvalue weighted by Crippen LogP contribution is -2.43. The first-order chi connectivity index (χ1) is 21.1. The quantitative estimate of drug-likeness (QED) is 0.202. The summed E-state index contributed by atoms with van der Waals surface area (Å²) in [6.45, 7) is 0.162. The number of imidazole rings is 1. The molecule has 0 aliphatic heterocycles. The number of ketones is 1. The maximum Gasteiger partial charge on any atom is 0.416 e. The SMILES string of the molecule is COc1ccccc1NC(=S)N(Cc1ccccc1C(F)(F)F)C[C@H](CN)C(=O)Cc1cncn1Cc1ccc(C#N)cc1. The molecular formula is C32H31F3N6O2S. The van der Waals surface area contributed by atoms with Crippen LogP contribution in [0.25, 0.3) is 0 Å². The third-order valence-electron chi connectivity index (χ3n) is 7.09. The highest BCUT2D eigenvalue weighted by atomic mass is 32.1. The molecule has 0 unspecified atom stereocenters. The highest BCUT2D eigenvalue weighted by Crippen LogP contribution is 2.33. The monoisotopic (exact) mass is 620 g/mol. The van der Waals surface area contributed by atoms with Crippen LogP contribution in [0.2, 0.25) is 0 Å². The fourth-order valence-corrected chi connectivity index (χ4v) is 4.97. The van der Waals surface area contributed by atoms with Gasteiger partial charge in [0, 0.05) is 50.4 Å². The molecule has 0 bridgehead atoms. The van der Waals surface area contributed by atoms with Crippen molar-refractivity contribution in [3.8, 4) is 11.8 Å². The number of Topliss-reactive ketones (excluding diaryl/α,β-unsaturated/α-hetero) is 1. The molecule has 1 atom stereocenters. The molecule has 0 spiro atoms. The number of aromatic nitrogens is 2. The average molecular weight is 621 g/mol. The van der Waals surface area contributed by atoms with Crippen molar-refractivity contribution in [1.82, 2.24) is 14.5 Å². The van der Waals surface area contributed by atoms with Crippen LogP contribution >= 0.6 is 12.2 Å². The molecule has 0 aliphatic carbocycles. The van der Waals surface area contributed by atoms with Gasteiger partial charge in [-0.25, -0.2) is 4.98 Å². The summed E-state index contributed by atoms with van der Waals surface area (Å²) < 4.78 is 48.8. The summed E-state index contributed by atoms with van der Waals surface area (Å²) >= 11 is 5.67. The molecule has 1 heterocycles. The lowest BCUT2D eigenvalue weighted by molar-refractivity contribution is -0.138. The number of methoxy groups -OCH3 is 1. The number of halogens is 3. The van der Waals surface area contributed by atoms with Crippen LogP contribution < -0.4 is 15.8 Å². The van der Waals surface area contributed by atoms with Gasteiger partial charge in [0.2, 0.25) is 0 Å². The van der Waals surface area contributed by atoms with Crippen molar-refractivity contribution in [1.29, 1.82) is 5.26 Å². The number of para-hydroxylation sites is 2. The van der Waals surface area contributed by atoms with E-state index in [0.29, 0.717) is 29.2 Å². The second-order valence-corrected chi connectivity index (χ2v) is 10.4. The maximum atomic E-state index is 13.9. The first kappa shape index (κ1) is 32.2. The van der Waals surface area contributed by atoms with E-state index in [2.05, 4.69) is 16.4 Å². The van der Waals surface area contributed by atoms with E-state index in [4.69, 9.17) is 28.0 Å². The molecular weight excluding hydrogens is 589 g/mol. The Morgan fingerprint density at radius 2 is 1.84 bits per heavy atom. The van der Waals surface area contributed by atoms with Gasteiger partial charge in [-0.3, -0.25) is 4.79 Å². The van der Waals surface area contributed by atoms with E-state index in [1.165, 1.54) is 30.2 Å². The molecule has 1 aromatic heterocycles. The van der Waals surface area contributed by atoms with Crippen LogP contribution in [0.5, 0.6) is 5.75 Å². The standard InChI is InChI=1S/C32H31F3N6O2S/c1-43-30-9-5-4-8-28(30)39-31(44)40(19-24-6-2-3-7-27(24)32(33,34)35)20-25(16-37)29(42)14-26-17-38-21-41(26)18-23-12-10-22(15-36)11-13-23/h2-13,17,21,25H,14,16,18-20,37H2,1H3,(H,39,44)/t25-/m0/s1. The number of nitrogens with zero attached hydrogens (tertiary/aromatic N) is 4. The summed E-state index contributed by atoms with van der Waals surface area (Å²) in [6.07, 6.45) is -1.35. The Hall–Kier alpha value is -4.73. The Balaban J connectivity index is 1.56. The molecule has 4 aromatic rings. The van der Waals surface area contributed by atoms with Gasteiger partial charge in [-0.05, 0) is 53.7 Å². The van der Waals surface area contributed by atoms with Crippen molar-refractivity contribution in [3.63, 3.8) is 0 Å². The summed E-state index contributed by atoms with van der Waals surface area (Å²) in [7, 11) is 1.50. The summed E-state index contributed by atoms with van der Waals surface area (Å²) in [5, 5.41) is 12.2. The van der Waals surface area contributed by atoms with Crippen molar-refractivity contribution >= 4 is 28.8 Å². The molecule has 4 rings (SSSR count). The van der Waals surface area contributed by atoms with Gasteiger partial charge < -0.3 is 25.3 Å². The normalized spacial score (nSPS) is 11.8. The molecule has 0 aliphatic rings. The van der Waals surface area contributed by atoms with Crippen LogP contribution in [0.3, 0.4) is 0 Å². The third-order valence-corrected chi connectivity index (χ3v) is 7.45. The zero-order chi connectivity index (χ0) is 31.7. The van der Waals surface area contributed by atoms with E-state index in [9.17, 15) is 18.0 Å². The van der Waals surface area contributed by atoms with Crippen LogP contribution in [0.15, 0.2) is 85.3 Å². The number of nitrogens with one attached hydrogen (secondary N) is 1. The Bertz CT molecular complexity index is 1630. The van der Waals surface area contributed by atoms with Crippen LogP contribution in [0.1, 0.15) is 27.9 Å². The molecule has 8 nitrogen and oxygen atoms in total. The van der Waals surface area contributed by atoms with Crippen molar-refractivity contribution in [2.45, 2.75) is 25.7 Å². The van der Waals surface area contributed by atoms with Gasteiger partial charge in [0.05, 0.1) is 36.3 Å². The fraction of sp³-hybridized carbons (Fsp3) is 0.250. The Morgan fingerprint density at radius 1 is 1.14 bits per heavy atom. The largest absolute Gasteiger partial charge is 0.495 e. The highest BCUT2D eigenvalue weighted by molar-refractivity contribution is 7.80. The molecule has 44 heavy (non-hydrogen) atoms. The molecule has 0 amide bonds. The fourth-order valence-electron chi connectivity index (χ4n) is 4.72. The predicted octanol–water partition coefficient (Wildman–Crippen LogP) is 5.42. The van der Waals surface area contributed by atoms with Gasteiger partial charge in [0.1, 0.15) is 11.5 Å². The van der Waals surface area contributed by atoms with E-state index in [0.717, 1.165) is 11.6 Å². The number of carbonyl (C=O) groups excluding carboxylic acids is 1. The molecule has 0 radical (unpaired) electrons. The predicted molar refractivity (Wildman–Crippen MR) is 165 cm³/mol. The van der Waals surface area contributed by atoms with Crippen molar-refractivity contribution in [3.05, 3.63) is 113 Å². The zero-order valence-corrected chi connectivity index (χ0v) is 24.7. The number of rotatable bonds is 12. The molecule has 0 fully saturated rings. The van der Waals surface area contributed by atoms with Gasteiger partial charge in [-0.15, -0.1) is 0 Å². The number of hydrogen-bond acceptors (Lipinski definition) is 6. The van der Waals surface area contributed by atoms with E-state index in [-0.39, 0.29) is 42.5 Å². The van der Waals surface area contributed by atoms with Crippen LogP contribution in [0, 0.1) is 17.2 Å².